The van der Waals surface area contributed by atoms with Gasteiger partial charge in [0.05, 0.1) is 42.2 Å². The van der Waals surface area contributed by atoms with Crippen molar-refractivity contribution in [2.75, 3.05) is 0 Å². The van der Waals surface area contributed by atoms with Crippen LogP contribution < -0.4 is 5.56 Å². The molecule has 174 valence electrons. The van der Waals surface area contributed by atoms with Gasteiger partial charge in [-0.05, 0) is 35.9 Å². The zero-order valence-corrected chi connectivity index (χ0v) is 18.9. The number of halogens is 2. The Hall–Kier alpha value is -4.60. The summed E-state index contributed by atoms with van der Waals surface area (Å²) in [5.74, 6) is -1.57. The lowest BCUT2D eigenvalue weighted by Crippen LogP contribution is -2.25. The summed E-state index contributed by atoms with van der Waals surface area (Å²) in [4.78, 5) is 16.8. The van der Waals surface area contributed by atoms with E-state index in [2.05, 4.69) is 11.1 Å². The molecule has 9 heteroatoms. The van der Waals surface area contributed by atoms with Crippen molar-refractivity contribution in [1.29, 1.82) is 10.5 Å². The standard InChI is InChI=1S/C26H19F2N5O2/c1-32-15-31-13-23(32)25(17-5-3-16(11-29)4-6-17)35-14-24-21(9-18(12-30)26(34)33(24)2)20-8-7-19(27)10-22(20)28/h3-10,13,15,25H,14H2,1-2H3. The molecule has 0 aliphatic heterocycles. The minimum absolute atomic E-state index is 0.0348. The van der Waals surface area contributed by atoms with Crippen molar-refractivity contribution in [2.45, 2.75) is 12.7 Å². The maximum Gasteiger partial charge on any atom is 0.268 e. The lowest BCUT2D eigenvalue weighted by Gasteiger charge is -2.22. The molecule has 4 rings (SSSR count). The first-order valence-corrected chi connectivity index (χ1v) is 10.5. The maximum absolute atomic E-state index is 14.7. The number of nitrogens with zero attached hydrogens (tertiary/aromatic N) is 5. The number of imidazole rings is 1. The van der Waals surface area contributed by atoms with Crippen molar-refractivity contribution in [1.82, 2.24) is 14.1 Å². The van der Waals surface area contributed by atoms with Crippen LogP contribution in [0.25, 0.3) is 11.1 Å². The van der Waals surface area contributed by atoms with Gasteiger partial charge in [0.1, 0.15) is 29.4 Å². The topological polar surface area (TPSA) is 96.6 Å². The molecule has 0 fully saturated rings. The third-order valence-corrected chi connectivity index (χ3v) is 5.73. The first kappa shape index (κ1) is 23.6. The van der Waals surface area contributed by atoms with E-state index in [1.165, 1.54) is 23.7 Å². The summed E-state index contributed by atoms with van der Waals surface area (Å²) in [6.07, 6.45) is 2.62. The van der Waals surface area contributed by atoms with Crippen LogP contribution in [0.5, 0.6) is 0 Å². The van der Waals surface area contributed by atoms with E-state index in [0.29, 0.717) is 17.0 Å². The fraction of sp³-hybridized carbons (Fsp3) is 0.154. The second kappa shape index (κ2) is 9.72. The molecule has 0 N–H and O–H groups in total. The first-order valence-electron chi connectivity index (χ1n) is 10.5. The van der Waals surface area contributed by atoms with Crippen LogP contribution in [0.4, 0.5) is 8.78 Å². The minimum Gasteiger partial charge on any atom is -0.361 e. The van der Waals surface area contributed by atoms with Gasteiger partial charge >= 0.3 is 0 Å². The van der Waals surface area contributed by atoms with Crippen LogP contribution in [0.1, 0.15) is 34.2 Å². The Morgan fingerprint density at radius 2 is 1.77 bits per heavy atom. The van der Waals surface area contributed by atoms with Crippen molar-refractivity contribution in [2.24, 2.45) is 14.1 Å². The molecule has 0 bridgehead atoms. The molecule has 0 saturated heterocycles. The predicted octanol–water partition coefficient (Wildman–Crippen LogP) is 4.11. The molecule has 0 amide bonds. The van der Waals surface area contributed by atoms with Gasteiger partial charge in [0, 0.05) is 31.3 Å². The SMILES string of the molecule is Cn1cncc1C(OCc1c(-c2ccc(F)cc2F)cc(C#N)c(=O)n1C)c1ccc(C#N)cc1. The van der Waals surface area contributed by atoms with Gasteiger partial charge in [-0.1, -0.05) is 12.1 Å². The molecule has 0 saturated carbocycles. The maximum atomic E-state index is 14.7. The second-order valence-electron chi connectivity index (χ2n) is 7.87. The van der Waals surface area contributed by atoms with E-state index < -0.39 is 23.3 Å². The Bertz CT molecular complexity index is 1540. The van der Waals surface area contributed by atoms with E-state index in [1.807, 2.05) is 6.07 Å². The number of ether oxygens (including phenoxy) is 1. The quantitative estimate of drug-likeness (QED) is 0.422. The number of aromatic nitrogens is 3. The van der Waals surface area contributed by atoms with Crippen LogP contribution in [0.2, 0.25) is 0 Å². The van der Waals surface area contributed by atoms with Gasteiger partial charge < -0.3 is 13.9 Å². The van der Waals surface area contributed by atoms with Crippen LogP contribution in [-0.4, -0.2) is 14.1 Å². The highest BCUT2D eigenvalue weighted by Gasteiger charge is 2.22. The van der Waals surface area contributed by atoms with E-state index in [4.69, 9.17) is 10.00 Å². The van der Waals surface area contributed by atoms with E-state index in [0.717, 1.165) is 17.7 Å². The number of hydrogen-bond acceptors (Lipinski definition) is 5. The van der Waals surface area contributed by atoms with E-state index in [1.54, 1.807) is 48.4 Å². The minimum atomic E-state index is -0.830. The molecule has 7 nitrogen and oxygen atoms in total. The van der Waals surface area contributed by atoms with Crippen molar-refractivity contribution >= 4 is 0 Å². The summed E-state index contributed by atoms with van der Waals surface area (Å²) in [6, 6.07) is 15.1. The summed E-state index contributed by atoms with van der Waals surface area (Å²) in [5, 5.41) is 18.5. The average molecular weight is 471 g/mol. The van der Waals surface area contributed by atoms with Crippen molar-refractivity contribution in [3.8, 4) is 23.3 Å². The van der Waals surface area contributed by atoms with E-state index >= 15 is 0 Å². The molecular formula is C26H19F2N5O2. The molecule has 2 heterocycles. The Balaban J connectivity index is 1.81. The van der Waals surface area contributed by atoms with Gasteiger partial charge in [-0.25, -0.2) is 13.8 Å². The Morgan fingerprint density at radius 3 is 2.37 bits per heavy atom. The number of benzene rings is 2. The zero-order chi connectivity index (χ0) is 25.1. The highest BCUT2D eigenvalue weighted by Crippen LogP contribution is 2.31. The normalized spacial score (nSPS) is 11.6. The third-order valence-electron chi connectivity index (χ3n) is 5.73. The second-order valence-corrected chi connectivity index (χ2v) is 7.87. The van der Waals surface area contributed by atoms with E-state index in [9.17, 15) is 18.8 Å². The highest BCUT2D eigenvalue weighted by molar-refractivity contribution is 5.68. The predicted molar refractivity (Wildman–Crippen MR) is 123 cm³/mol. The van der Waals surface area contributed by atoms with Crippen LogP contribution in [0.3, 0.4) is 0 Å². The monoisotopic (exact) mass is 471 g/mol. The van der Waals surface area contributed by atoms with E-state index in [-0.39, 0.29) is 23.3 Å². The smallest absolute Gasteiger partial charge is 0.268 e. The summed E-state index contributed by atoms with van der Waals surface area (Å²) < 4.78 is 37.5. The van der Waals surface area contributed by atoms with Crippen molar-refractivity contribution in [3.05, 3.63) is 111 Å². The number of aryl methyl sites for hydroxylation is 1. The largest absolute Gasteiger partial charge is 0.361 e. The average Bonchev–Trinajstić information content (AvgIpc) is 3.28. The fourth-order valence-corrected chi connectivity index (χ4v) is 3.84. The summed E-state index contributed by atoms with van der Waals surface area (Å²) >= 11 is 0. The number of pyridine rings is 1. The molecule has 0 spiro atoms. The van der Waals surface area contributed by atoms with Crippen molar-refractivity contribution in [3.63, 3.8) is 0 Å². The van der Waals surface area contributed by atoms with Gasteiger partial charge in [-0.2, -0.15) is 10.5 Å². The van der Waals surface area contributed by atoms with Gasteiger partial charge in [0.2, 0.25) is 0 Å². The molecule has 35 heavy (non-hydrogen) atoms. The molecule has 1 atom stereocenters. The fourth-order valence-electron chi connectivity index (χ4n) is 3.84. The van der Waals surface area contributed by atoms with Gasteiger partial charge in [-0.3, -0.25) is 4.79 Å². The highest BCUT2D eigenvalue weighted by atomic mass is 19.1. The van der Waals surface area contributed by atoms with Crippen molar-refractivity contribution < 1.29 is 13.5 Å². The molecular weight excluding hydrogens is 452 g/mol. The molecule has 1 unspecified atom stereocenters. The molecule has 4 aromatic rings. The lowest BCUT2D eigenvalue weighted by molar-refractivity contribution is 0.0585. The zero-order valence-electron chi connectivity index (χ0n) is 18.9. The molecule has 0 aliphatic carbocycles. The van der Waals surface area contributed by atoms with Crippen LogP contribution >= 0.6 is 0 Å². The van der Waals surface area contributed by atoms with Crippen LogP contribution in [0, 0.1) is 34.3 Å². The summed E-state index contributed by atoms with van der Waals surface area (Å²) in [5.41, 5.74) is 1.78. The Labute approximate surface area is 199 Å². The van der Waals surface area contributed by atoms with Crippen LogP contribution in [-0.2, 0) is 25.4 Å². The lowest BCUT2D eigenvalue weighted by atomic mass is 10.0. The summed E-state index contributed by atoms with van der Waals surface area (Å²) in [6.45, 7) is -0.139. The van der Waals surface area contributed by atoms with Gasteiger partial charge in [0.15, 0.2) is 0 Å². The van der Waals surface area contributed by atoms with Gasteiger partial charge in [-0.15, -0.1) is 0 Å². The number of nitriles is 2. The first-order chi connectivity index (χ1) is 16.8. The molecule has 0 radical (unpaired) electrons. The molecule has 2 aromatic carbocycles. The molecule has 0 aliphatic rings. The Morgan fingerprint density at radius 1 is 1.03 bits per heavy atom. The number of rotatable bonds is 6. The number of hydrogen-bond donors (Lipinski definition) is 0. The Kier molecular flexibility index (Phi) is 6.54. The summed E-state index contributed by atoms with van der Waals surface area (Å²) in [7, 11) is 3.27. The van der Waals surface area contributed by atoms with Crippen LogP contribution in [0.15, 0.2) is 65.8 Å². The van der Waals surface area contributed by atoms with Gasteiger partial charge in [0.25, 0.3) is 5.56 Å². The molecule has 2 aromatic heterocycles. The third kappa shape index (κ3) is 4.58.